The molecule has 0 radical (unpaired) electrons. The highest BCUT2D eigenvalue weighted by molar-refractivity contribution is 6.73. The molecule has 5 heteroatoms. The first-order valence-electron chi connectivity index (χ1n) is 6.04. The van der Waals surface area contributed by atoms with Gasteiger partial charge < -0.3 is 9.74 Å². The molecule has 1 amide bonds. The molecule has 0 aliphatic rings. The second-order valence-electron chi connectivity index (χ2n) is 4.11. The predicted molar refractivity (Wildman–Crippen MR) is 71.5 cm³/mol. The van der Waals surface area contributed by atoms with E-state index in [1.165, 1.54) is 0 Å². The molecule has 1 unspecified atom stereocenters. The Morgan fingerprint density at radius 3 is 2.19 bits per heavy atom. The summed E-state index contributed by atoms with van der Waals surface area (Å²) < 4.78 is 6.16. The molecule has 3 nitrogen and oxygen atoms in total. The number of carbonyl (C=O) groups excluding carboxylic acids is 1. The van der Waals surface area contributed by atoms with E-state index in [9.17, 15) is 4.79 Å². The summed E-state index contributed by atoms with van der Waals surface area (Å²) in [6.07, 6.45) is 0.0821. The van der Waals surface area contributed by atoms with Crippen molar-refractivity contribution in [3.05, 3.63) is 0 Å². The second kappa shape index (κ2) is 8.09. The topological polar surface area (TPSA) is 38.3 Å². The molecular formula is C11H24ClNO2Si. The summed E-state index contributed by atoms with van der Waals surface area (Å²) in [5.74, 6) is -0.112. The maximum atomic E-state index is 11.0. The molecule has 0 aliphatic heterocycles. The number of halogens is 1. The van der Waals surface area contributed by atoms with Crippen molar-refractivity contribution in [2.75, 3.05) is 12.4 Å². The summed E-state index contributed by atoms with van der Waals surface area (Å²) in [5, 5.41) is 2.75. The van der Waals surface area contributed by atoms with Gasteiger partial charge in [0, 0.05) is 6.54 Å². The lowest BCUT2D eigenvalue weighted by molar-refractivity contribution is -0.119. The van der Waals surface area contributed by atoms with Crippen LogP contribution in [0.3, 0.4) is 0 Å². The number of carbonyl (C=O) groups is 1. The molecule has 96 valence electrons. The molecule has 0 rings (SSSR count). The van der Waals surface area contributed by atoms with Gasteiger partial charge in [-0.3, -0.25) is 4.79 Å². The average Bonchev–Trinajstić information content (AvgIpc) is 2.33. The fourth-order valence-electron chi connectivity index (χ4n) is 1.77. The lowest BCUT2D eigenvalue weighted by Crippen LogP contribution is -2.43. The van der Waals surface area contributed by atoms with Crippen LogP contribution in [0.25, 0.3) is 0 Å². The van der Waals surface area contributed by atoms with Gasteiger partial charge in [0.1, 0.15) is 5.88 Å². The highest BCUT2D eigenvalue weighted by Gasteiger charge is 2.30. The minimum atomic E-state index is -1.55. The fourth-order valence-corrected chi connectivity index (χ4v) is 4.80. The number of hydrogen-bond donors (Lipinski definition) is 1. The zero-order chi connectivity index (χ0) is 12.6. The van der Waals surface area contributed by atoms with Crippen molar-refractivity contribution in [2.24, 2.45) is 0 Å². The van der Waals surface area contributed by atoms with Gasteiger partial charge in [-0.1, -0.05) is 20.8 Å². The third kappa shape index (κ3) is 5.32. The normalized spacial score (nSPS) is 13.6. The zero-order valence-corrected chi connectivity index (χ0v) is 12.6. The first kappa shape index (κ1) is 15.9. The molecule has 0 fully saturated rings. The summed E-state index contributed by atoms with van der Waals surface area (Å²) in [4.78, 5) is 11.0. The molecule has 0 saturated heterocycles. The Balaban J connectivity index is 4.09. The van der Waals surface area contributed by atoms with Crippen LogP contribution >= 0.6 is 11.6 Å². The zero-order valence-electron chi connectivity index (χ0n) is 10.8. The van der Waals surface area contributed by atoms with Gasteiger partial charge >= 0.3 is 0 Å². The van der Waals surface area contributed by atoms with E-state index in [-0.39, 0.29) is 17.9 Å². The van der Waals surface area contributed by atoms with Crippen LogP contribution < -0.4 is 5.32 Å². The average molecular weight is 266 g/mol. The molecule has 0 bridgehead atoms. The number of nitrogens with one attached hydrogen (secondary N) is 1. The smallest absolute Gasteiger partial charge is 0.235 e. The highest BCUT2D eigenvalue weighted by Crippen LogP contribution is 2.23. The van der Waals surface area contributed by atoms with Crippen molar-refractivity contribution in [2.45, 2.75) is 51.9 Å². The van der Waals surface area contributed by atoms with Gasteiger partial charge in [0.05, 0.1) is 6.10 Å². The van der Waals surface area contributed by atoms with Crippen LogP contribution in [0.15, 0.2) is 0 Å². The molecule has 0 aromatic rings. The van der Waals surface area contributed by atoms with E-state index in [1.807, 2.05) is 6.92 Å². The highest BCUT2D eigenvalue weighted by atomic mass is 35.5. The van der Waals surface area contributed by atoms with Crippen LogP contribution in [0, 0.1) is 0 Å². The summed E-state index contributed by atoms with van der Waals surface area (Å²) in [6, 6.07) is 3.40. The lowest BCUT2D eigenvalue weighted by Gasteiger charge is -2.31. The Labute approximate surface area is 105 Å². The van der Waals surface area contributed by atoms with E-state index in [0.29, 0.717) is 6.54 Å². The Morgan fingerprint density at radius 2 is 1.81 bits per heavy atom. The standard InChI is InChI=1S/C11H24ClNO2Si/c1-5-16(6-2,7-3)15-10(4)9-13-11(14)8-12/h10H,5-9H2,1-4H3,(H,13,14). The Morgan fingerprint density at radius 1 is 1.31 bits per heavy atom. The maximum Gasteiger partial charge on any atom is 0.235 e. The van der Waals surface area contributed by atoms with Crippen LogP contribution in [0.1, 0.15) is 27.7 Å². The summed E-state index contributed by atoms with van der Waals surface area (Å²) >= 11 is 5.41. The van der Waals surface area contributed by atoms with E-state index in [0.717, 1.165) is 18.1 Å². The van der Waals surface area contributed by atoms with Crippen molar-refractivity contribution < 1.29 is 9.22 Å². The van der Waals surface area contributed by atoms with Crippen LogP contribution in [0.2, 0.25) is 18.1 Å². The molecule has 1 atom stereocenters. The third-order valence-corrected chi connectivity index (χ3v) is 8.10. The first-order valence-corrected chi connectivity index (χ1v) is 9.10. The van der Waals surface area contributed by atoms with E-state index in [2.05, 4.69) is 26.1 Å². The van der Waals surface area contributed by atoms with Gasteiger partial charge in [-0.2, -0.15) is 0 Å². The summed E-state index contributed by atoms with van der Waals surface area (Å²) in [5.41, 5.74) is 0. The Hall–Kier alpha value is -0.0631. The summed E-state index contributed by atoms with van der Waals surface area (Å²) in [7, 11) is -1.55. The van der Waals surface area contributed by atoms with E-state index in [1.54, 1.807) is 0 Å². The van der Waals surface area contributed by atoms with Crippen LogP contribution in [-0.2, 0) is 9.22 Å². The predicted octanol–water partition coefficient (Wildman–Crippen LogP) is 2.75. The largest absolute Gasteiger partial charge is 0.412 e. The molecule has 0 aromatic heterocycles. The molecule has 0 saturated carbocycles. The van der Waals surface area contributed by atoms with E-state index < -0.39 is 8.32 Å². The minimum absolute atomic E-state index is 0.0185. The van der Waals surface area contributed by atoms with Gasteiger partial charge in [0.15, 0.2) is 8.32 Å². The Kier molecular flexibility index (Phi) is 8.06. The molecule has 0 aliphatic carbocycles. The van der Waals surface area contributed by atoms with E-state index in [4.69, 9.17) is 16.0 Å². The SMILES string of the molecule is CC[Si](CC)(CC)OC(C)CNC(=O)CCl. The quantitative estimate of drug-likeness (QED) is 0.541. The van der Waals surface area contributed by atoms with Crippen LogP contribution in [-0.4, -0.2) is 32.8 Å². The first-order chi connectivity index (χ1) is 7.53. The third-order valence-electron chi connectivity index (χ3n) is 3.09. The molecular weight excluding hydrogens is 242 g/mol. The Bertz CT molecular complexity index is 202. The number of rotatable bonds is 8. The van der Waals surface area contributed by atoms with Crippen molar-refractivity contribution in [3.63, 3.8) is 0 Å². The monoisotopic (exact) mass is 265 g/mol. The lowest BCUT2D eigenvalue weighted by atomic mass is 10.4. The molecule has 0 heterocycles. The number of alkyl halides is 1. The van der Waals surface area contributed by atoms with Gasteiger partial charge in [-0.15, -0.1) is 11.6 Å². The van der Waals surface area contributed by atoms with Crippen LogP contribution in [0.4, 0.5) is 0 Å². The number of amides is 1. The van der Waals surface area contributed by atoms with Crippen LogP contribution in [0.5, 0.6) is 0 Å². The molecule has 1 N–H and O–H groups in total. The number of hydrogen-bond acceptors (Lipinski definition) is 2. The van der Waals surface area contributed by atoms with Gasteiger partial charge in [-0.25, -0.2) is 0 Å². The minimum Gasteiger partial charge on any atom is -0.412 e. The van der Waals surface area contributed by atoms with Crippen molar-refractivity contribution in [1.29, 1.82) is 0 Å². The molecule has 0 aromatic carbocycles. The van der Waals surface area contributed by atoms with Crippen molar-refractivity contribution >= 4 is 25.8 Å². The molecule has 0 spiro atoms. The van der Waals surface area contributed by atoms with Gasteiger partial charge in [0.2, 0.25) is 5.91 Å². The fraction of sp³-hybridized carbons (Fsp3) is 0.909. The van der Waals surface area contributed by atoms with Gasteiger partial charge in [0.25, 0.3) is 0 Å². The van der Waals surface area contributed by atoms with E-state index >= 15 is 0 Å². The molecule has 16 heavy (non-hydrogen) atoms. The van der Waals surface area contributed by atoms with Crippen molar-refractivity contribution in [3.8, 4) is 0 Å². The second-order valence-corrected chi connectivity index (χ2v) is 9.10. The summed E-state index contributed by atoms with van der Waals surface area (Å²) in [6.45, 7) is 9.16. The van der Waals surface area contributed by atoms with Crippen molar-refractivity contribution in [1.82, 2.24) is 5.32 Å². The maximum absolute atomic E-state index is 11.0. The van der Waals surface area contributed by atoms with Gasteiger partial charge in [-0.05, 0) is 25.1 Å².